The number of aliphatic imine (C=N–C) groups is 1. The zero-order chi connectivity index (χ0) is 15.4. The summed E-state index contributed by atoms with van der Waals surface area (Å²) in [6, 6.07) is 4.47. The van der Waals surface area contributed by atoms with Crippen molar-refractivity contribution < 1.29 is 0 Å². The van der Waals surface area contributed by atoms with Crippen LogP contribution >= 0.6 is 0 Å². The summed E-state index contributed by atoms with van der Waals surface area (Å²) in [6.45, 7) is 12.9. The van der Waals surface area contributed by atoms with Crippen LogP contribution in [0.5, 0.6) is 0 Å². The molecule has 0 bridgehead atoms. The number of amidine groups is 1. The molecule has 0 saturated carbocycles. The van der Waals surface area contributed by atoms with E-state index in [-0.39, 0.29) is 0 Å². The van der Waals surface area contributed by atoms with Crippen molar-refractivity contribution >= 4 is 17.2 Å². The first-order chi connectivity index (χ1) is 10.1. The maximum Gasteiger partial charge on any atom is 0.124 e. The van der Waals surface area contributed by atoms with E-state index >= 15 is 0 Å². The minimum Gasteiger partial charge on any atom is -0.365 e. The normalized spacial score (nSPS) is 16.9. The fourth-order valence-corrected chi connectivity index (χ4v) is 2.98. The Morgan fingerprint density at radius 2 is 1.81 bits per heavy atom. The van der Waals surface area contributed by atoms with Crippen LogP contribution in [-0.2, 0) is 0 Å². The van der Waals surface area contributed by atoms with E-state index < -0.39 is 0 Å². The number of rotatable bonds is 0. The van der Waals surface area contributed by atoms with Gasteiger partial charge in [-0.25, -0.2) is 4.99 Å². The Bertz CT molecular complexity index is 540. The summed E-state index contributed by atoms with van der Waals surface area (Å²) in [5.41, 5.74) is 5.04. The van der Waals surface area contributed by atoms with E-state index in [4.69, 9.17) is 4.99 Å². The molecule has 3 nitrogen and oxygen atoms in total. The zero-order valence-corrected chi connectivity index (χ0v) is 13.8. The number of likely N-dealkylation sites (tertiary alicyclic amines) is 1. The van der Waals surface area contributed by atoms with Crippen LogP contribution in [0.1, 0.15) is 30.9 Å². The van der Waals surface area contributed by atoms with E-state index in [2.05, 4.69) is 49.4 Å². The lowest BCUT2D eigenvalue weighted by Gasteiger charge is -2.32. The highest BCUT2D eigenvalue weighted by Crippen LogP contribution is 2.36. The van der Waals surface area contributed by atoms with E-state index in [0.717, 1.165) is 12.2 Å². The van der Waals surface area contributed by atoms with Crippen molar-refractivity contribution in [2.24, 2.45) is 4.99 Å². The topological polar surface area (TPSA) is 18.8 Å². The predicted molar refractivity (Wildman–Crippen MR) is 93.0 cm³/mol. The molecule has 2 aliphatic heterocycles. The third kappa shape index (κ3) is 3.46. The summed E-state index contributed by atoms with van der Waals surface area (Å²) < 4.78 is 0. The number of anilines is 1. The lowest BCUT2D eigenvalue weighted by molar-refractivity contribution is 0.509. The van der Waals surface area contributed by atoms with E-state index in [9.17, 15) is 0 Å². The van der Waals surface area contributed by atoms with Crippen LogP contribution in [0.15, 0.2) is 29.8 Å². The van der Waals surface area contributed by atoms with Crippen LogP contribution in [0, 0.1) is 13.8 Å². The minimum atomic E-state index is 0.940. The van der Waals surface area contributed by atoms with Crippen LogP contribution in [0.2, 0.25) is 0 Å². The van der Waals surface area contributed by atoms with E-state index in [1.807, 2.05) is 6.92 Å². The van der Waals surface area contributed by atoms with Gasteiger partial charge < -0.3 is 9.80 Å². The van der Waals surface area contributed by atoms with E-state index in [1.54, 1.807) is 6.08 Å². The Morgan fingerprint density at radius 3 is 2.43 bits per heavy atom. The number of nitrogens with zero attached hydrogens (tertiary/aromatic N) is 3. The molecule has 1 fully saturated rings. The number of hydrogen-bond acceptors (Lipinski definition) is 3. The molecule has 0 radical (unpaired) electrons. The minimum absolute atomic E-state index is 0.940. The summed E-state index contributed by atoms with van der Waals surface area (Å²) in [4.78, 5) is 9.69. The van der Waals surface area contributed by atoms with Crippen LogP contribution in [-0.4, -0.2) is 37.4 Å². The molecule has 114 valence electrons. The van der Waals surface area contributed by atoms with Gasteiger partial charge in [-0.05, 0) is 50.8 Å². The quantitative estimate of drug-likeness (QED) is 0.669. The molecule has 3 heteroatoms. The highest BCUT2D eigenvalue weighted by molar-refractivity contribution is 5.95. The highest BCUT2D eigenvalue weighted by atomic mass is 15.3. The number of fused-ring (bicyclic) bond motifs is 1. The average molecular weight is 285 g/mol. The summed E-state index contributed by atoms with van der Waals surface area (Å²) in [5.74, 6) is 1.24. The lowest BCUT2D eigenvalue weighted by Crippen LogP contribution is -2.39. The molecule has 0 unspecified atom stereocenters. The standard InChI is InChI=1S/C15H21N3.C3H6/c1-11-8-12(2)15-13(9-11)17(3)10-14(16-15)18-6-4-5-7-18;1-3-2/h8-9H,4-7,10H2,1-3H3;3H,1H2,2H3. The SMILES string of the molecule is C=CC.Cc1cc(C)c2c(c1)N(C)CC(N1CCCC1)=N2. The second kappa shape index (κ2) is 6.79. The Morgan fingerprint density at radius 1 is 1.19 bits per heavy atom. The molecule has 21 heavy (non-hydrogen) atoms. The second-order valence-electron chi connectivity index (χ2n) is 5.94. The number of hydrogen-bond donors (Lipinski definition) is 0. The molecule has 3 rings (SSSR count). The molecule has 2 aliphatic rings. The van der Waals surface area contributed by atoms with Crippen molar-refractivity contribution in [3.63, 3.8) is 0 Å². The van der Waals surface area contributed by atoms with Gasteiger partial charge in [0.15, 0.2) is 0 Å². The third-order valence-electron chi connectivity index (χ3n) is 3.93. The van der Waals surface area contributed by atoms with Crippen LogP contribution < -0.4 is 4.90 Å². The maximum absolute atomic E-state index is 4.92. The molecular formula is C18H27N3. The predicted octanol–water partition coefficient (Wildman–Crippen LogP) is 4.07. The Labute approximate surface area is 129 Å². The van der Waals surface area contributed by atoms with Crippen LogP contribution in [0.4, 0.5) is 11.4 Å². The zero-order valence-electron chi connectivity index (χ0n) is 13.8. The fraction of sp³-hybridized carbons (Fsp3) is 0.500. The van der Waals surface area contributed by atoms with E-state index in [0.29, 0.717) is 0 Å². The van der Waals surface area contributed by atoms with Gasteiger partial charge in [0.05, 0.1) is 17.9 Å². The molecule has 1 saturated heterocycles. The lowest BCUT2D eigenvalue weighted by atomic mass is 10.1. The largest absolute Gasteiger partial charge is 0.365 e. The Balaban J connectivity index is 0.000000497. The maximum atomic E-state index is 4.92. The van der Waals surface area contributed by atoms with Crippen molar-refractivity contribution in [2.45, 2.75) is 33.6 Å². The molecule has 0 atom stereocenters. The molecule has 0 aliphatic carbocycles. The van der Waals surface area contributed by atoms with Gasteiger partial charge in [0.1, 0.15) is 5.84 Å². The van der Waals surface area contributed by atoms with Gasteiger partial charge in [-0.2, -0.15) is 0 Å². The number of aryl methyl sites for hydroxylation is 2. The van der Waals surface area contributed by atoms with Gasteiger partial charge in [0.2, 0.25) is 0 Å². The molecule has 1 aromatic carbocycles. The number of likely N-dealkylation sites (N-methyl/N-ethyl adjacent to an activating group) is 1. The second-order valence-corrected chi connectivity index (χ2v) is 5.94. The first-order valence-electron chi connectivity index (χ1n) is 7.78. The van der Waals surface area contributed by atoms with Gasteiger partial charge >= 0.3 is 0 Å². The fourth-order valence-electron chi connectivity index (χ4n) is 2.98. The van der Waals surface area contributed by atoms with Crippen molar-refractivity contribution in [1.82, 2.24) is 4.90 Å². The van der Waals surface area contributed by atoms with Gasteiger partial charge in [-0.3, -0.25) is 0 Å². The summed E-state index contributed by atoms with van der Waals surface area (Å²) in [6.07, 6.45) is 4.37. The van der Waals surface area contributed by atoms with Crippen molar-refractivity contribution in [3.8, 4) is 0 Å². The first kappa shape index (κ1) is 15.6. The van der Waals surface area contributed by atoms with Crippen molar-refractivity contribution in [1.29, 1.82) is 0 Å². The molecule has 0 amide bonds. The smallest absolute Gasteiger partial charge is 0.124 e. The molecule has 0 aromatic heterocycles. The number of allylic oxidation sites excluding steroid dienone is 1. The summed E-state index contributed by atoms with van der Waals surface area (Å²) in [5, 5.41) is 0. The first-order valence-corrected chi connectivity index (χ1v) is 7.78. The molecule has 1 aromatic rings. The molecular weight excluding hydrogens is 258 g/mol. The van der Waals surface area contributed by atoms with Gasteiger partial charge in [-0.15, -0.1) is 6.58 Å². The van der Waals surface area contributed by atoms with Crippen molar-refractivity contribution in [3.05, 3.63) is 35.9 Å². The van der Waals surface area contributed by atoms with Gasteiger partial charge in [-0.1, -0.05) is 12.1 Å². The average Bonchev–Trinajstić information content (AvgIpc) is 2.94. The van der Waals surface area contributed by atoms with Crippen molar-refractivity contribution in [2.75, 3.05) is 31.6 Å². The molecule has 0 spiro atoms. The van der Waals surface area contributed by atoms with Crippen LogP contribution in [0.25, 0.3) is 0 Å². The van der Waals surface area contributed by atoms with Crippen LogP contribution in [0.3, 0.4) is 0 Å². The summed E-state index contributed by atoms with van der Waals surface area (Å²) >= 11 is 0. The number of benzene rings is 1. The molecule has 0 N–H and O–H groups in total. The van der Waals surface area contributed by atoms with E-state index in [1.165, 1.54) is 48.6 Å². The molecule has 2 heterocycles. The van der Waals surface area contributed by atoms with Gasteiger partial charge in [0, 0.05) is 20.1 Å². The Hall–Kier alpha value is -1.77. The monoisotopic (exact) mass is 285 g/mol. The van der Waals surface area contributed by atoms with Gasteiger partial charge in [0.25, 0.3) is 0 Å². The summed E-state index contributed by atoms with van der Waals surface area (Å²) in [7, 11) is 2.17. The Kier molecular flexibility index (Phi) is 5.05. The highest BCUT2D eigenvalue weighted by Gasteiger charge is 2.23. The third-order valence-corrected chi connectivity index (χ3v) is 3.93.